The van der Waals surface area contributed by atoms with E-state index in [1.165, 1.54) is 30.5 Å². The van der Waals surface area contributed by atoms with E-state index in [2.05, 4.69) is 22.9 Å². The Bertz CT molecular complexity index is 340. The number of hydrogen-bond donors (Lipinski definition) is 0. The molecule has 0 N–H and O–H groups in total. The van der Waals surface area contributed by atoms with Crippen molar-refractivity contribution >= 4 is 11.6 Å². The number of piperidine rings is 1. The number of aromatic nitrogens is 1. The smallest absolute Gasteiger partial charge is 0.0573 e. The molecule has 1 aromatic heterocycles. The van der Waals surface area contributed by atoms with E-state index >= 15 is 0 Å². The predicted molar refractivity (Wildman–Crippen MR) is 67.7 cm³/mol. The lowest BCUT2D eigenvalue weighted by Crippen LogP contribution is -2.40. The van der Waals surface area contributed by atoms with Crippen LogP contribution in [0.1, 0.15) is 30.5 Å². The minimum Gasteiger partial charge on any atom is -0.293 e. The SMILES string of the molecule is Cc1cccnc1CN1CCCCC1CCl. The Kier molecular flexibility index (Phi) is 4.19. The van der Waals surface area contributed by atoms with E-state index in [0.29, 0.717) is 6.04 Å². The third kappa shape index (κ3) is 2.74. The fourth-order valence-electron chi connectivity index (χ4n) is 2.32. The van der Waals surface area contributed by atoms with Crippen molar-refractivity contribution in [3.63, 3.8) is 0 Å². The van der Waals surface area contributed by atoms with Gasteiger partial charge in [-0.05, 0) is 37.9 Å². The molecule has 1 atom stereocenters. The minimum absolute atomic E-state index is 0.539. The lowest BCUT2D eigenvalue weighted by atomic mass is 10.0. The summed E-state index contributed by atoms with van der Waals surface area (Å²) in [4.78, 5) is 6.93. The molecule has 1 unspecified atom stereocenters. The van der Waals surface area contributed by atoms with Gasteiger partial charge in [0.1, 0.15) is 0 Å². The van der Waals surface area contributed by atoms with Crippen molar-refractivity contribution < 1.29 is 0 Å². The standard InChI is InChI=1S/C13H19ClN2/c1-11-5-4-7-15-13(11)10-16-8-3-2-6-12(16)9-14/h4-5,7,12H,2-3,6,8-10H2,1H3. The Hall–Kier alpha value is -0.600. The summed E-state index contributed by atoms with van der Waals surface area (Å²) in [5, 5.41) is 0. The quantitative estimate of drug-likeness (QED) is 0.753. The predicted octanol–water partition coefficient (Wildman–Crippen LogP) is 2.98. The molecule has 1 fully saturated rings. The summed E-state index contributed by atoms with van der Waals surface area (Å²) in [5.74, 6) is 0.742. The van der Waals surface area contributed by atoms with Crippen LogP contribution in [0, 0.1) is 6.92 Å². The molecule has 2 rings (SSSR count). The summed E-state index contributed by atoms with van der Waals surface area (Å²) < 4.78 is 0. The van der Waals surface area contributed by atoms with E-state index in [-0.39, 0.29) is 0 Å². The first-order valence-electron chi connectivity index (χ1n) is 6.02. The molecule has 3 heteroatoms. The van der Waals surface area contributed by atoms with Crippen molar-refractivity contribution in [2.24, 2.45) is 0 Å². The first-order chi connectivity index (χ1) is 7.81. The molecule has 0 spiro atoms. The van der Waals surface area contributed by atoms with Gasteiger partial charge in [-0.1, -0.05) is 12.5 Å². The van der Waals surface area contributed by atoms with Gasteiger partial charge >= 0.3 is 0 Å². The highest BCUT2D eigenvalue weighted by Crippen LogP contribution is 2.20. The van der Waals surface area contributed by atoms with Gasteiger partial charge in [0, 0.05) is 24.7 Å². The normalized spacial score (nSPS) is 22.2. The zero-order valence-corrected chi connectivity index (χ0v) is 10.6. The van der Waals surface area contributed by atoms with Crippen LogP contribution < -0.4 is 0 Å². The summed E-state index contributed by atoms with van der Waals surface area (Å²) in [6.45, 7) is 4.24. The van der Waals surface area contributed by atoms with Crippen molar-refractivity contribution in [2.45, 2.75) is 38.8 Å². The molecule has 88 valence electrons. The molecule has 0 aliphatic carbocycles. The van der Waals surface area contributed by atoms with Crippen molar-refractivity contribution in [3.8, 4) is 0 Å². The molecule has 1 aromatic rings. The molecule has 1 saturated heterocycles. The second-order valence-electron chi connectivity index (χ2n) is 4.54. The number of likely N-dealkylation sites (tertiary alicyclic amines) is 1. The van der Waals surface area contributed by atoms with Crippen LogP contribution in [0.15, 0.2) is 18.3 Å². The third-order valence-corrected chi connectivity index (χ3v) is 3.75. The Morgan fingerprint density at radius 2 is 2.38 bits per heavy atom. The maximum atomic E-state index is 6.02. The highest BCUT2D eigenvalue weighted by Gasteiger charge is 2.22. The number of nitrogens with zero attached hydrogens (tertiary/aromatic N) is 2. The average Bonchev–Trinajstić information content (AvgIpc) is 2.33. The molecular formula is C13H19ClN2. The second-order valence-corrected chi connectivity index (χ2v) is 4.85. The maximum absolute atomic E-state index is 6.02. The van der Waals surface area contributed by atoms with E-state index in [0.717, 1.165) is 19.0 Å². The zero-order valence-electron chi connectivity index (χ0n) is 9.82. The van der Waals surface area contributed by atoms with E-state index in [1.54, 1.807) is 0 Å². The van der Waals surface area contributed by atoms with Crippen molar-refractivity contribution in [1.82, 2.24) is 9.88 Å². The Labute approximate surface area is 103 Å². The van der Waals surface area contributed by atoms with Crippen LogP contribution in [0.5, 0.6) is 0 Å². The van der Waals surface area contributed by atoms with Crippen LogP contribution in [0.4, 0.5) is 0 Å². The maximum Gasteiger partial charge on any atom is 0.0573 e. The number of halogens is 1. The van der Waals surface area contributed by atoms with Gasteiger partial charge in [-0.2, -0.15) is 0 Å². The van der Waals surface area contributed by atoms with E-state index in [9.17, 15) is 0 Å². The van der Waals surface area contributed by atoms with Crippen LogP contribution in [0.25, 0.3) is 0 Å². The lowest BCUT2D eigenvalue weighted by molar-refractivity contribution is 0.153. The van der Waals surface area contributed by atoms with Gasteiger partial charge in [-0.15, -0.1) is 11.6 Å². The third-order valence-electron chi connectivity index (χ3n) is 3.40. The first kappa shape index (κ1) is 11.9. The Morgan fingerprint density at radius 3 is 3.12 bits per heavy atom. The van der Waals surface area contributed by atoms with E-state index in [4.69, 9.17) is 11.6 Å². The molecule has 0 aromatic carbocycles. The number of pyridine rings is 1. The summed E-state index contributed by atoms with van der Waals surface area (Å²) in [5.41, 5.74) is 2.47. The fraction of sp³-hybridized carbons (Fsp3) is 0.615. The molecule has 1 aliphatic rings. The summed E-state index contributed by atoms with van der Waals surface area (Å²) in [6, 6.07) is 4.66. The molecule has 0 radical (unpaired) electrons. The number of hydrogen-bond acceptors (Lipinski definition) is 2. The largest absolute Gasteiger partial charge is 0.293 e. The van der Waals surface area contributed by atoms with Crippen LogP contribution >= 0.6 is 11.6 Å². The minimum atomic E-state index is 0.539. The zero-order chi connectivity index (χ0) is 11.4. The fourth-order valence-corrected chi connectivity index (χ4v) is 2.67. The van der Waals surface area contributed by atoms with Gasteiger partial charge < -0.3 is 0 Å². The van der Waals surface area contributed by atoms with Gasteiger partial charge in [0.15, 0.2) is 0 Å². The molecule has 0 saturated carbocycles. The van der Waals surface area contributed by atoms with Gasteiger partial charge in [0.2, 0.25) is 0 Å². The monoisotopic (exact) mass is 238 g/mol. The summed E-state index contributed by atoms with van der Waals surface area (Å²) >= 11 is 6.02. The van der Waals surface area contributed by atoms with Gasteiger partial charge in [-0.3, -0.25) is 9.88 Å². The van der Waals surface area contributed by atoms with Gasteiger partial charge in [0.25, 0.3) is 0 Å². The van der Waals surface area contributed by atoms with Crippen molar-refractivity contribution in [3.05, 3.63) is 29.6 Å². The molecule has 0 bridgehead atoms. The topological polar surface area (TPSA) is 16.1 Å². The van der Waals surface area contributed by atoms with Gasteiger partial charge in [-0.25, -0.2) is 0 Å². The Balaban J connectivity index is 2.05. The molecule has 2 nitrogen and oxygen atoms in total. The highest BCUT2D eigenvalue weighted by molar-refractivity contribution is 6.18. The molecule has 16 heavy (non-hydrogen) atoms. The van der Waals surface area contributed by atoms with Crippen LogP contribution in [0.3, 0.4) is 0 Å². The van der Waals surface area contributed by atoms with Crippen LogP contribution in [-0.4, -0.2) is 28.4 Å². The second kappa shape index (κ2) is 5.65. The molecular weight excluding hydrogens is 220 g/mol. The first-order valence-corrected chi connectivity index (χ1v) is 6.55. The molecule has 0 amide bonds. The summed E-state index contributed by atoms with van der Waals surface area (Å²) in [6.07, 6.45) is 5.71. The number of aryl methyl sites for hydroxylation is 1. The van der Waals surface area contributed by atoms with Crippen LogP contribution in [-0.2, 0) is 6.54 Å². The molecule has 1 aliphatic heterocycles. The number of rotatable bonds is 3. The van der Waals surface area contributed by atoms with Crippen molar-refractivity contribution in [2.75, 3.05) is 12.4 Å². The lowest BCUT2D eigenvalue weighted by Gasteiger charge is -2.34. The summed E-state index contributed by atoms with van der Waals surface area (Å²) in [7, 11) is 0. The van der Waals surface area contributed by atoms with E-state index < -0.39 is 0 Å². The average molecular weight is 239 g/mol. The van der Waals surface area contributed by atoms with Crippen LogP contribution in [0.2, 0.25) is 0 Å². The van der Waals surface area contributed by atoms with Gasteiger partial charge in [0.05, 0.1) is 5.69 Å². The van der Waals surface area contributed by atoms with E-state index in [1.807, 2.05) is 12.3 Å². The molecule has 2 heterocycles. The Morgan fingerprint density at radius 1 is 1.50 bits per heavy atom. The number of alkyl halides is 1. The highest BCUT2D eigenvalue weighted by atomic mass is 35.5. The van der Waals surface area contributed by atoms with Crippen molar-refractivity contribution in [1.29, 1.82) is 0 Å².